The fourth-order valence-electron chi connectivity index (χ4n) is 3.96. The first-order valence-electron chi connectivity index (χ1n) is 8.66. The van der Waals surface area contributed by atoms with Crippen molar-refractivity contribution in [1.82, 2.24) is 10.2 Å². The van der Waals surface area contributed by atoms with Crippen molar-refractivity contribution in [2.45, 2.75) is 31.1 Å². The Labute approximate surface area is 137 Å². The Balaban J connectivity index is 1.57. The van der Waals surface area contributed by atoms with Crippen molar-refractivity contribution in [3.8, 4) is 11.5 Å². The van der Waals surface area contributed by atoms with Gasteiger partial charge in [-0.05, 0) is 30.5 Å². The number of nitrogens with one attached hydrogen (secondary N) is 1. The molecule has 1 aliphatic carbocycles. The van der Waals surface area contributed by atoms with E-state index >= 15 is 0 Å². The minimum absolute atomic E-state index is 0.182. The fourth-order valence-corrected chi connectivity index (χ4v) is 3.96. The van der Waals surface area contributed by atoms with Gasteiger partial charge in [0.1, 0.15) is 13.2 Å². The maximum atomic E-state index is 5.79. The van der Waals surface area contributed by atoms with Crippen LogP contribution in [0.1, 0.15) is 31.2 Å². The molecule has 0 atom stereocenters. The van der Waals surface area contributed by atoms with Gasteiger partial charge in [-0.25, -0.2) is 0 Å². The average molecular weight is 315 g/mol. The topological polar surface area (TPSA) is 46.1 Å². The Morgan fingerprint density at radius 1 is 1.17 bits per heavy atom. The number of nitrogens with zero attached hydrogens (tertiary/aromatic N) is 2. The monoisotopic (exact) mass is 315 g/mol. The molecule has 1 aromatic rings. The van der Waals surface area contributed by atoms with E-state index in [0.717, 1.165) is 37.1 Å². The van der Waals surface area contributed by atoms with Gasteiger partial charge < -0.3 is 19.7 Å². The number of likely N-dealkylation sites (N-methyl/N-ethyl adjacent to an activating group) is 1. The lowest BCUT2D eigenvalue weighted by Gasteiger charge is -2.32. The molecule has 5 nitrogen and oxygen atoms in total. The molecule has 2 heterocycles. The van der Waals surface area contributed by atoms with Crippen LogP contribution in [0.5, 0.6) is 11.5 Å². The van der Waals surface area contributed by atoms with E-state index in [1.807, 2.05) is 0 Å². The summed E-state index contributed by atoms with van der Waals surface area (Å²) in [5.74, 6) is 2.81. The van der Waals surface area contributed by atoms with E-state index in [4.69, 9.17) is 9.47 Å². The summed E-state index contributed by atoms with van der Waals surface area (Å²) in [5.41, 5.74) is 1.55. The van der Waals surface area contributed by atoms with Crippen molar-refractivity contribution in [2.24, 2.45) is 4.99 Å². The molecule has 124 valence electrons. The fraction of sp³-hybridized carbons (Fsp3) is 0.611. The molecule has 0 saturated heterocycles. The van der Waals surface area contributed by atoms with Crippen LogP contribution in [-0.4, -0.2) is 50.8 Å². The maximum absolute atomic E-state index is 5.79. The minimum Gasteiger partial charge on any atom is -0.486 e. The van der Waals surface area contributed by atoms with Crippen LogP contribution in [0.4, 0.5) is 0 Å². The van der Waals surface area contributed by atoms with Gasteiger partial charge in [-0.1, -0.05) is 18.9 Å². The summed E-state index contributed by atoms with van der Waals surface area (Å²) in [6.07, 6.45) is 5.02. The van der Waals surface area contributed by atoms with E-state index in [0.29, 0.717) is 13.2 Å². The average Bonchev–Trinajstić information content (AvgIpc) is 3.22. The predicted octanol–water partition coefficient (Wildman–Crippen LogP) is 2.16. The number of guanidine groups is 1. The summed E-state index contributed by atoms with van der Waals surface area (Å²) >= 11 is 0. The zero-order valence-electron chi connectivity index (χ0n) is 13.8. The Kier molecular flexibility index (Phi) is 3.79. The zero-order chi connectivity index (χ0) is 15.7. The molecule has 2 aliphatic heterocycles. The number of aliphatic imine (C=N–C) groups is 1. The first kappa shape index (κ1) is 14.7. The van der Waals surface area contributed by atoms with Crippen molar-refractivity contribution in [3.63, 3.8) is 0 Å². The first-order valence-corrected chi connectivity index (χ1v) is 8.66. The van der Waals surface area contributed by atoms with Gasteiger partial charge in [0.05, 0.1) is 6.54 Å². The minimum atomic E-state index is 0.182. The smallest absolute Gasteiger partial charge is 0.193 e. The van der Waals surface area contributed by atoms with E-state index in [9.17, 15) is 0 Å². The van der Waals surface area contributed by atoms with Crippen molar-refractivity contribution in [2.75, 3.05) is 39.9 Å². The van der Waals surface area contributed by atoms with Gasteiger partial charge in [-0.3, -0.25) is 4.99 Å². The third-order valence-electron chi connectivity index (χ3n) is 5.36. The molecule has 3 aliphatic rings. The predicted molar refractivity (Wildman–Crippen MR) is 90.5 cm³/mol. The third-order valence-corrected chi connectivity index (χ3v) is 5.36. The van der Waals surface area contributed by atoms with Crippen LogP contribution in [0.15, 0.2) is 23.2 Å². The zero-order valence-corrected chi connectivity index (χ0v) is 13.8. The molecule has 0 aromatic heterocycles. The second-order valence-corrected chi connectivity index (χ2v) is 6.83. The Morgan fingerprint density at radius 2 is 1.96 bits per heavy atom. The molecular weight excluding hydrogens is 290 g/mol. The highest BCUT2D eigenvalue weighted by atomic mass is 16.6. The Hall–Kier alpha value is -1.91. The van der Waals surface area contributed by atoms with Crippen molar-refractivity contribution < 1.29 is 9.47 Å². The van der Waals surface area contributed by atoms with E-state index in [1.165, 1.54) is 31.2 Å². The van der Waals surface area contributed by atoms with Crippen LogP contribution in [0.25, 0.3) is 0 Å². The lowest BCUT2D eigenvalue weighted by molar-refractivity contribution is 0.171. The molecule has 0 bridgehead atoms. The molecule has 0 amide bonds. The molecular formula is C18H25N3O2. The molecule has 5 heteroatoms. The second kappa shape index (κ2) is 5.95. The van der Waals surface area contributed by atoms with Crippen LogP contribution in [-0.2, 0) is 5.41 Å². The van der Waals surface area contributed by atoms with E-state index < -0.39 is 0 Å². The standard InChI is InChI=1S/C18H25N3O2/c1-21-9-8-19-17(21)20-13-18(6-2-3-7-18)14-4-5-15-16(12-14)23-11-10-22-15/h4-5,12H,2-3,6-11,13H2,1H3,(H,19,20). The van der Waals surface area contributed by atoms with Gasteiger partial charge in [0.2, 0.25) is 0 Å². The summed E-state index contributed by atoms with van der Waals surface area (Å²) < 4.78 is 11.4. The molecule has 0 spiro atoms. The molecule has 4 rings (SSSR count). The number of hydrogen-bond donors (Lipinski definition) is 1. The summed E-state index contributed by atoms with van der Waals surface area (Å²) in [6.45, 7) is 4.14. The van der Waals surface area contributed by atoms with E-state index in [2.05, 4.69) is 40.5 Å². The van der Waals surface area contributed by atoms with Crippen molar-refractivity contribution in [3.05, 3.63) is 23.8 Å². The van der Waals surface area contributed by atoms with Gasteiger partial charge >= 0.3 is 0 Å². The van der Waals surface area contributed by atoms with Gasteiger partial charge in [0.15, 0.2) is 17.5 Å². The Bertz CT molecular complexity index is 608. The summed E-state index contributed by atoms with van der Waals surface area (Å²) in [4.78, 5) is 6.76. The highest BCUT2D eigenvalue weighted by Crippen LogP contribution is 2.43. The third kappa shape index (κ3) is 2.73. The molecule has 0 unspecified atom stereocenters. The van der Waals surface area contributed by atoms with E-state index in [-0.39, 0.29) is 5.41 Å². The van der Waals surface area contributed by atoms with E-state index in [1.54, 1.807) is 0 Å². The number of ether oxygens (including phenoxy) is 2. The first-order chi connectivity index (χ1) is 11.3. The number of fused-ring (bicyclic) bond motifs is 1. The summed E-state index contributed by atoms with van der Waals surface area (Å²) in [5, 5.41) is 3.60. The van der Waals surface area contributed by atoms with Crippen molar-refractivity contribution >= 4 is 5.96 Å². The molecule has 0 radical (unpaired) electrons. The molecule has 1 N–H and O–H groups in total. The molecule has 1 saturated carbocycles. The lowest BCUT2D eigenvalue weighted by Crippen LogP contribution is -2.43. The summed E-state index contributed by atoms with van der Waals surface area (Å²) in [7, 11) is 2.10. The quantitative estimate of drug-likeness (QED) is 0.928. The van der Waals surface area contributed by atoms with Crippen LogP contribution in [0.3, 0.4) is 0 Å². The van der Waals surface area contributed by atoms with Crippen LogP contribution < -0.4 is 14.8 Å². The number of hydrogen-bond acceptors (Lipinski definition) is 5. The number of rotatable bonds is 3. The largest absolute Gasteiger partial charge is 0.486 e. The van der Waals surface area contributed by atoms with Gasteiger partial charge in [-0.15, -0.1) is 0 Å². The summed E-state index contributed by atoms with van der Waals surface area (Å²) in [6, 6.07) is 6.49. The number of benzene rings is 1. The van der Waals surface area contributed by atoms with Gasteiger partial charge in [0, 0.05) is 25.6 Å². The lowest BCUT2D eigenvalue weighted by atomic mass is 9.78. The van der Waals surface area contributed by atoms with Crippen LogP contribution in [0, 0.1) is 0 Å². The van der Waals surface area contributed by atoms with Gasteiger partial charge in [0.25, 0.3) is 0 Å². The second-order valence-electron chi connectivity index (χ2n) is 6.83. The molecule has 1 fully saturated rings. The molecule has 1 aromatic carbocycles. The van der Waals surface area contributed by atoms with Crippen LogP contribution >= 0.6 is 0 Å². The molecule has 23 heavy (non-hydrogen) atoms. The highest BCUT2D eigenvalue weighted by molar-refractivity contribution is 5.81. The normalized spacial score (nSPS) is 22.1. The SMILES string of the molecule is CN1CCN=C1NCC1(c2ccc3c(c2)OCCO3)CCCC1. The van der Waals surface area contributed by atoms with Crippen molar-refractivity contribution in [1.29, 1.82) is 0 Å². The maximum Gasteiger partial charge on any atom is 0.193 e. The highest BCUT2D eigenvalue weighted by Gasteiger charge is 2.37. The van der Waals surface area contributed by atoms with Gasteiger partial charge in [-0.2, -0.15) is 0 Å². The van der Waals surface area contributed by atoms with Crippen LogP contribution in [0.2, 0.25) is 0 Å². The Morgan fingerprint density at radius 3 is 2.70 bits per heavy atom.